The lowest BCUT2D eigenvalue weighted by molar-refractivity contribution is 0.624. The highest BCUT2D eigenvalue weighted by Gasteiger charge is 2.13. The van der Waals surface area contributed by atoms with E-state index in [9.17, 15) is 4.39 Å². The van der Waals surface area contributed by atoms with Crippen molar-refractivity contribution in [3.63, 3.8) is 0 Å². The molecule has 0 saturated carbocycles. The molecule has 0 radical (unpaired) electrons. The lowest BCUT2D eigenvalue weighted by Gasteiger charge is -2.23. The van der Waals surface area contributed by atoms with Crippen LogP contribution in [0, 0.1) is 12.7 Å². The predicted molar refractivity (Wildman–Crippen MR) is 65.1 cm³/mol. The Kier molecular flexibility index (Phi) is 3.52. The fraction of sp³-hybridized carbons (Fsp3) is 0.500. The van der Waals surface area contributed by atoms with E-state index in [1.165, 1.54) is 24.3 Å². The molecular formula is C12H16FNS. The first kappa shape index (κ1) is 10.8. The van der Waals surface area contributed by atoms with Crippen LogP contribution in [0.25, 0.3) is 0 Å². The summed E-state index contributed by atoms with van der Waals surface area (Å²) >= 11 is 2.00. The van der Waals surface area contributed by atoms with Gasteiger partial charge in [0.25, 0.3) is 0 Å². The topological polar surface area (TPSA) is 12.0 Å². The Labute approximate surface area is 94.5 Å². The molecule has 3 heteroatoms. The minimum atomic E-state index is -0.150. The van der Waals surface area contributed by atoms with Crippen LogP contribution in [-0.4, -0.2) is 17.5 Å². The minimum absolute atomic E-state index is 0.150. The van der Waals surface area contributed by atoms with Crippen molar-refractivity contribution < 1.29 is 4.39 Å². The molecule has 0 unspecified atom stereocenters. The molecule has 0 bridgehead atoms. The molecule has 1 aliphatic rings. The maximum Gasteiger partial charge on any atom is 0.125 e. The van der Waals surface area contributed by atoms with Gasteiger partial charge in [0.05, 0.1) is 0 Å². The Morgan fingerprint density at radius 2 is 2.00 bits per heavy atom. The Hall–Kier alpha value is -0.700. The monoisotopic (exact) mass is 225 g/mol. The third-order valence-corrected chi connectivity index (χ3v) is 3.68. The van der Waals surface area contributed by atoms with E-state index in [0.717, 1.165) is 11.3 Å². The molecule has 2 rings (SSSR count). The van der Waals surface area contributed by atoms with Crippen LogP contribution in [-0.2, 0) is 0 Å². The lowest BCUT2D eigenvalue weighted by atomic mass is 10.1. The summed E-state index contributed by atoms with van der Waals surface area (Å²) in [5.74, 6) is 2.28. The van der Waals surface area contributed by atoms with Gasteiger partial charge in [-0.3, -0.25) is 0 Å². The third kappa shape index (κ3) is 3.13. The second kappa shape index (κ2) is 4.88. The van der Waals surface area contributed by atoms with Crippen LogP contribution >= 0.6 is 11.8 Å². The zero-order chi connectivity index (χ0) is 10.7. The molecule has 1 aromatic carbocycles. The molecule has 0 aromatic heterocycles. The maximum absolute atomic E-state index is 13.1. The molecule has 1 saturated heterocycles. The van der Waals surface area contributed by atoms with Crippen LogP contribution in [0.2, 0.25) is 0 Å². The van der Waals surface area contributed by atoms with Gasteiger partial charge in [-0.15, -0.1) is 0 Å². The summed E-state index contributed by atoms with van der Waals surface area (Å²) in [6, 6.07) is 5.66. The molecule has 1 heterocycles. The maximum atomic E-state index is 13.1. The van der Waals surface area contributed by atoms with Crippen molar-refractivity contribution in [1.82, 2.24) is 0 Å². The van der Waals surface area contributed by atoms with Crippen molar-refractivity contribution in [2.24, 2.45) is 0 Å². The fourth-order valence-electron chi connectivity index (χ4n) is 1.90. The number of thioether (sulfide) groups is 1. The van der Waals surface area contributed by atoms with Crippen LogP contribution in [0.3, 0.4) is 0 Å². The normalized spacial score (nSPS) is 17.7. The molecule has 0 spiro atoms. The van der Waals surface area contributed by atoms with Gasteiger partial charge in [0.1, 0.15) is 5.82 Å². The van der Waals surface area contributed by atoms with Gasteiger partial charge in [-0.1, -0.05) is 0 Å². The lowest BCUT2D eigenvalue weighted by Crippen LogP contribution is -2.24. The number of anilines is 1. The van der Waals surface area contributed by atoms with Gasteiger partial charge in [-0.05, 0) is 55.0 Å². The zero-order valence-corrected chi connectivity index (χ0v) is 9.74. The SMILES string of the molecule is Cc1cc(F)cc(NC2CCSCC2)c1. The summed E-state index contributed by atoms with van der Waals surface area (Å²) in [5.41, 5.74) is 1.90. The average molecular weight is 225 g/mol. The number of hydrogen-bond donors (Lipinski definition) is 1. The van der Waals surface area contributed by atoms with Crippen molar-refractivity contribution in [2.45, 2.75) is 25.8 Å². The van der Waals surface area contributed by atoms with Crippen molar-refractivity contribution in [3.05, 3.63) is 29.6 Å². The number of rotatable bonds is 2. The first-order valence-electron chi connectivity index (χ1n) is 5.35. The predicted octanol–water partition coefficient (Wildman–Crippen LogP) is 3.44. The van der Waals surface area contributed by atoms with Crippen LogP contribution in [0.1, 0.15) is 18.4 Å². The second-order valence-electron chi connectivity index (χ2n) is 4.05. The highest BCUT2D eigenvalue weighted by Crippen LogP contribution is 2.22. The van der Waals surface area contributed by atoms with E-state index in [4.69, 9.17) is 0 Å². The Morgan fingerprint density at radius 1 is 1.27 bits per heavy atom. The number of hydrogen-bond acceptors (Lipinski definition) is 2. The molecule has 1 nitrogen and oxygen atoms in total. The molecule has 1 aromatic rings. The van der Waals surface area contributed by atoms with E-state index >= 15 is 0 Å². The first-order valence-corrected chi connectivity index (χ1v) is 6.51. The van der Waals surface area contributed by atoms with E-state index in [1.54, 1.807) is 12.1 Å². The van der Waals surface area contributed by atoms with Crippen molar-refractivity contribution in [1.29, 1.82) is 0 Å². The molecule has 0 amide bonds. The number of benzene rings is 1. The summed E-state index contributed by atoms with van der Waals surface area (Å²) in [4.78, 5) is 0. The van der Waals surface area contributed by atoms with Crippen LogP contribution in [0.4, 0.5) is 10.1 Å². The Bertz CT molecular complexity index is 314. The van der Waals surface area contributed by atoms with E-state index < -0.39 is 0 Å². The number of halogens is 1. The van der Waals surface area contributed by atoms with Crippen molar-refractivity contribution in [3.8, 4) is 0 Å². The quantitative estimate of drug-likeness (QED) is 0.827. The number of nitrogens with one attached hydrogen (secondary N) is 1. The molecule has 1 aliphatic heterocycles. The largest absolute Gasteiger partial charge is 0.382 e. The van der Waals surface area contributed by atoms with E-state index in [1.807, 2.05) is 24.8 Å². The van der Waals surface area contributed by atoms with Crippen molar-refractivity contribution in [2.75, 3.05) is 16.8 Å². The van der Waals surface area contributed by atoms with Gasteiger partial charge < -0.3 is 5.32 Å². The van der Waals surface area contributed by atoms with E-state index in [0.29, 0.717) is 6.04 Å². The first-order chi connectivity index (χ1) is 7.24. The standard InChI is InChI=1S/C12H16FNS/c1-9-6-10(13)8-12(7-9)14-11-2-4-15-5-3-11/h6-8,11,14H,2-5H2,1H3. The van der Waals surface area contributed by atoms with Gasteiger partial charge >= 0.3 is 0 Å². The smallest absolute Gasteiger partial charge is 0.125 e. The molecule has 0 atom stereocenters. The summed E-state index contributed by atoms with van der Waals surface area (Å²) in [6.45, 7) is 1.92. The third-order valence-electron chi connectivity index (χ3n) is 2.63. The van der Waals surface area contributed by atoms with Crippen molar-refractivity contribution >= 4 is 17.4 Å². The zero-order valence-electron chi connectivity index (χ0n) is 8.92. The van der Waals surface area contributed by atoms with E-state index in [2.05, 4.69) is 5.32 Å². The fourth-order valence-corrected chi connectivity index (χ4v) is 3.00. The van der Waals surface area contributed by atoms with Gasteiger partial charge in [0.15, 0.2) is 0 Å². The molecule has 0 aliphatic carbocycles. The summed E-state index contributed by atoms with van der Waals surface area (Å²) in [5, 5.41) is 3.41. The van der Waals surface area contributed by atoms with Gasteiger partial charge in [0, 0.05) is 11.7 Å². The minimum Gasteiger partial charge on any atom is -0.382 e. The molecule has 1 fully saturated rings. The molecule has 15 heavy (non-hydrogen) atoms. The molecular weight excluding hydrogens is 209 g/mol. The van der Waals surface area contributed by atoms with Crippen LogP contribution < -0.4 is 5.32 Å². The van der Waals surface area contributed by atoms with Gasteiger partial charge in [-0.25, -0.2) is 4.39 Å². The molecule has 82 valence electrons. The second-order valence-corrected chi connectivity index (χ2v) is 5.27. The van der Waals surface area contributed by atoms with Crippen LogP contribution in [0.5, 0.6) is 0 Å². The van der Waals surface area contributed by atoms with E-state index in [-0.39, 0.29) is 5.82 Å². The van der Waals surface area contributed by atoms with Gasteiger partial charge in [0.2, 0.25) is 0 Å². The average Bonchev–Trinajstić information content (AvgIpc) is 2.17. The van der Waals surface area contributed by atoms with Gasteiger partial charge in [-0.2, -0.15) is 11.8 Å². The summed E-state index contributed by atoms with van der Waals surface area (Å²) in [6.07, 6.45) is 2.36. The summed E-state index contributed by atoms with van der Waals surface area (Å²) < 4.78 is 13.1. The Balaban J connectivity index is 2.02. The highest BCUT2D eigenvalue weighted by atomic mass is 32.2. The highest BCUT2D eigenvalue weighted by molar-refractivity contribution is 7.99. The Morgan fingerprint density at radius 3 is 2.67 bits per heavy atom. The number of aryl methyl sites for hydroxylation is 1. The van der Waals surface area contributed by atoms with Crippen LogP contribution in [0.15, 0.2) is 18.2 Å². The summed E-state index contributed by atoms with van der Waals surface area (Å²) in [7, 11) is 0. The molecule has 1 N–H and O–H groups in total.